The van der Waals surface area contributed by atoms with E-state index in [1.807, 2.05) is 0 Å². The van der Waals surface area contributed by atoms with E-state index in [1.165, 1.54) is 18.2 Å². The minimum atomic E-state index is -4.71. The van der Waals surface area contributed by atoms with E-state index in [-0.39, 0.29) is 22.9 Å². The van der Waals surface area contributed by atoms with Crippen LogP contribution in [0.1, 0.15) is 21.7 Å². The Hall–Kier alpha value is -3.50. The van der Waals surface area contributed by atoms with Gasteiger partial charge in [-0.1, -0.05) is 35.9 Å². The molecule has 3 heterocycles. The molecule has 1 aliphatic rings. The lowest BCUT2D eigenvalue weighted by molar-refractivity contribution is -0.142. The summed E-state index contributed by atoms with van der Waals surface area (Å²) < 4.78 is 55.3. The summed E-state index contributed by atoms with van der Waals surface area (Å²) in [4.78, 5) is 21.1. The van der Waals surface area contributed by atoms with Crippen LogP contribution in [0.25, 0.3) is 16.9 Å². The fourth-order valence-corrected chi connectivity index (χ4v) is 4.29. The Labute approximate surface area is 208 Å². The van der Waals surface area contributed by atoms with Gasteiger partial charge < -0.3 is 4.90 Å². The molecule has 6 nitrogen and oxygen atoms in total. The Morgan fingerprint density at radius 3 is 2.25 bits per heavy atom. The zero-order chi connectivity index (χ0) is 25.4. The molecule has 2 aromatic carbocycles. The number of nitrogens with zero attached hydrogens (tertiary/aromatic N) is 5. The van der Waals surface area contributed by atoms with E-state index in [0.29, 0.717) is 47.8 Å². The van der Waals surface area contributed by atoms with Crippen LogP contribution in [-0.4, -0.2) is 56.5 Å². The molecule has 5 rings (SSSR count). The molecule has 0 radical (unpaired) electrons. The molecule has 1 amide bonds. The van der Waals surface area contributed by atoms with E-state index in [9.17, 15) is 22.4 Å². The second-order valence-electron chi connectivity index (χ2n) is 8.53. The normalized spacial score (nSPS) is 15.0. The van der Waals surface area contributed by atoms with Gasteiger partial charge in [-0.05, 0) is 35.9 Å². The number of aromatic nitrogens is 3. The standard InChI is InChI=1S/C25H20ClF4N5O/c26-18-5-3-17(4-6-18)20-13-22(25(28,29)30)35-23(31-20)14-21(32-35)24(36)34-11-9-33(10-12-34)15-16-1-7-19(27)8-2-16/h1-8,13-14H,9-12,15H2. The highest BCUT2D eigenvalue weighted by atomic mass is 35.5. The molecule has 2 aromatic heterocycles. The third-order valence-corrected chi connectivity index (χ3v) is 6.31. The molecule has 36 heavy (non-hydrogen) atoms. The fraction of sp³-hybridized carbons (Fsp3) is 0.240. The van der Waals surface area contributed by atoms with Gasteiger partial charge in [-0.25, -0.2) is 13.9 Å². The van der Waals surface area contributed by atoms with Crippen LogP contribution in [0.2, 0.25) is 5.02 Å². The average molecular weight is 518 g/mol. The van der Waals surface area contributed by atoms with Crippen molar-refractivity contribution in [1.29, 1.82) is 0 Å². The molecule has 0 bridgehead atoms. The van der Waals surface area contributed by atoms with Crippen LogP contribution in [0.3, 0.4) is 0 Å². The molecular weight excluding hydrogens is 498 g/mol. The van der Waals surface area contributed by atoms with Crippen molar-refractivity contribution < 1.29 is 22.4 Å². The maximum Gasteiger partial charge on any atom is 0.433 e. The molecule has 0 atom stereocenters. The molecular formula is C25H20ClF4N5O. The lowest BCUT2D eigenvalue weighted by atomic mass is 10.1. The minimum Gasteiger partial charge on any atom is -0.335 e. The van der Waals surface area contributed by atoms with E-state index in [0.717, 1.165) is 11.6 Å². The van der Waals surface area contributed by atoms with Gasteiger partial charge in [-0.2, -0.15) is 18.3 Å². The van der Waals surface area contributed by atoms with Crippen LogP contribution < -0.4 is 0 Å². The van der Waals surface area contributed by atoms with Crippen molar-refractivity contribution in [3.63, 3.8) is 0 Å². The molecule has 0 spiro atoms. The smallest absolute Gasteiger partial charge is 0.335 e. The number of rotatable bonds is 4. The van der Waals surface area contributed by atoms with Crippen LogP contribution in [0.15, 0.2) is 60.7 Å². The molecule has 11 heteroatoms. The molecule has 1 saturated heterocycles. The average Bonchev–Trinajstić information content (AvgIpc) is 3.29. The summed E-state index contributed by atoms with van der Waals surface area (Å²) in [5.41, 5.74) is 0.305. The van der Waals surface area contributed by atoms with Gasteiger partial charge in [0.1, 0.15) is 5.82 Å². The minimum absolute atomic E-state index is 0.0759. The van der Waals surface area contributed by atoms with E-state index < -0.39 is 17.8 Å². The zero-order valence-corrected chi connectivity index (χ0v) is 19.6. The highest BCUT2D eigenvalue weighted by molar-refractivity contribution is 6.30. The first-order valence-electron chi connectivity index (χ1n) is 11.2. The summed E-state index contributed by atoms with van der Waals surface area (Å²) in [5, 5.41) is 4.42. The number of alkyl halides is 3. The van der Waals surface area contributed by atoms with Crippen molar-refractivity contribution in [2.45, 2.75) is 12.7 Å². The Morgan fingerprint density at radius 1 is 0.944 bits per heavy atom. The van der Waals surface area contributed by atoms with Gasteiger partial charge in [0.25, 0.3) is 5.91 Å². The van der Waals surface area contributed by atoms with Gasteiger partial charge in [0.15, 0.2) is 17.0 Å². The van der Waals surface area contributed by atoms with E-state index in [4.69, 9.17) is 11.6 Å². The second kappa shape index (κ2) is 9.51. The maximum atomic E-state index is 13.9. The summed E-state index contributed by atoms with van der Waals surface area (Å²) in [6.45, 7) is 2.54. The summed E-state index contributed by atoms with van der Waals surface area (Å²) in [6.07, 6.45) is -4.71. The molecule has 0 N–H and O–H groups in total. The van der Waals surface area contributed by atoms with Gasteiger partial charge in [-0.15, -0.1) is 0 Å². The number of hydrogen-bond acceptors (Lipinski definition) is 4. The summed E-state index contributed by atoms with van der Waals surface area (Å²) in [5.74, 6) is -0.756. The van der Waals surface area contributed by atoms with Crippen LogP contribution >= 0.6 is 11.6 Å². The van der Waals surface area contributed by atoms with Crippen molar-refractivity contribution in [3.8, 4) is 11.3 Å². The number of piperazine rings is 1. The molecule has 1 aliphatic heterocycles. The molecule has 4 aromatic rings. The lowest BCUT2D eigenvalue weighted by Crippen LogP contribution is -2.48. The van der Waals surface area contributed by atoms with Crippen LogP contribution in [-0.2, 0) is 12.7 Å². The lowest BCUT2D eigenvalue weighted by Gasteiger charge is -2.34. The number of carbonyl (C=O) groups excluding carboxylic acids is 1. The largest absolute Gasteiger partial charge is 0.433 e. The Bertz CT molecular complexity index is 1400. The summed E-state index contributed by atoms with van der Waals surface area (Å²) in [6, 6.07) is 14.7. The van der Waals surface area contributed by atoms with Gasteiger partial charge in [0.05, 0.1) is 5.69 Å². The molecule has 186 valence electrons. The summed E-state index contributed by atoms with van der Waals surface area (Å²) >= 11 is 5.89. The molecule has 0 unspecified atom stereocenters. The zero-order valence-electron chi connectivity index (χ0n) is 18.8. The van der Waals surface area contributed by atoms with E-state index >= 15 is 0 Å². The molecule has 1 fully saturated rings. The number of carbonyl (C=O) groups is 1. The van der Waals surface area contributed by atoms with Crippen molar-refractivity contribution in [2.24, 2.45) is 0 Å². The Balaban J connectivity index is 1.36. The first-order valence-corrected chi connectivity index (χ1v) is 11.6. The Kier molecular flexibility index (Phi) is 6.40. The summed E-state index contributed by atoms with van der Waals surface area (Å²) in [7, 11) is 0. The predicted molar refractivity (Wildman–Crippen MR) is 126 cm³/mol. The van der Waals surface area contributed by atoms with Gasteiger partial charge in [-0.3, -0.25) is 9.69 Å². The highest BCUT2D eigenvalue weighted by Gasteiger charge is 2.36. The quantitative estimate of drug-likeness (QED) is 0.351. The van der Waals surface area contributed by atoms with E-state index in [1.54, 1.807) is 41.3 Å². The second-order valence-corrected chi connectivity index (χ2v) is 8.96. The number of hydrogen-bond donors (Lipinski definition) is 0. The third-order valence-electron chi connectivity index (χ3n) is 6.06. The topological polar surface area (TPSA) is 53.7 Å². The van der Waals surface area contributed by atoms with Gasteiger partial charge in [0.2, 0.25) is 0 Å². The van der Waals surface area contributed by atoms with Crippen LogP contribution in [0.5, 0.6) is 0 Å². The number of fused-ring (bicyclic) bond motifs is 1. The van der Waals surface area contributed by atoms with Gasteiger partial charge in [0, 0.05) is 49.4 Å². The maximum absolute atomic E-state index is 13.9. The first-order chi connectivity index (χ1) is 17.2. The van der Waals surface area contributed by atoms with Crippen molar-refractivity contribution >= 4 is 23.2 Å². The van der Waals surface area contributed by atoms with Crippen LogP contribution in [0, 0.1) is 5.82 Å². The number of benzene rings is 2. The molecule has 0 aliphatic carbocycles. The Morgan fingerprint density at radius 2 is 1.61 bits per heavy atom. The SMILES string of the molecule is O=C(c1cc2nc(-c3ccc(Cl)cc3)cc(C(F)(F)F)n2n1)N1CCN(Cc2ccc(F)cc2)CC1. The van der Waals surface area contributed by atoms with Crippen molar-refractivity contribution in [3.05, 3.63) is 88.5 Å². The van der Waals surface area contributed by atoms with Crippen molar-refractivity contribution in [1.82, 2.24) is 24.4 Å². The monoisotopic (exact) mass is 517 g/mol. The fourth-order valence-electron chi connectivity index (χ4n) is 4.17. The third kappa shape index (κ3) is 5.05. The predicted octanol–water partition coefficient (Wildman–Crippen LogP) is 5.17. The number of halogens is 5. The first kappa shape index (κ1) is 24.2. The van der Waals surface area contributed by atoms with Crippen molar-refractivity contribution in [2.75, 3.05) is 26.2 Å². The number of amides is 1. The van der Waals surface area contributed by atoms with E-state index in [2.05, 4.69) is 15.0 Å². The van der Waals surface area contributed by atoms with Crippen LogP contribution in [0.4, 0.5) is 17.6 Å². The molecule has 0 saturated carbocycles. The van der Waals surface area contributed by atoms with Gasteiger partial charge >= 0.3 is 6.18 Å². The highest BCUT2D eigenvalue weighted by Crippen LogP contribution is 2.32.